The van der Waals surface area contributed by atoms with E-state index in [1.807, 2.05) is 31.6 Å². The molecule has 1 N–H and O–H groups in total. The Balaban J connectivity index is 2.05. The monoisotopic (exact) mass is 279 g/mol. The minimum absolute atomic E-state index is 0.0696. The highest BCUT2D eigenvalue weighted by molar-refractivity contribution is 7.09. The molecule has 0 unspecified atom stereocenters. The number of hydrogen-bond acceptors (Lipinski definition) is 5. The van der Waals surface area contributed by atoms with Crippen LogP contribution in [0.5, 0.6) is 0 Å². The van der Waals surface area contributed by atoms with Crippen molar-refractivity contribution in [3.8, 4) is 11.5 Å². The third kappa shape index (κ3) is 3.90. The van der Waals surface area contributed by atoms with Crippen molar-refractivity contribution in [3.05, 3.63) is 28.3 Å². The van der Waals surface area contributed by atoms with Crippen LogP contribution in [-0.4, -0.2) is 29.9 Å². The van der Waals surface area contributed by atoms with Gasteiger partial charge in [-0.15, -0.1) is 11.3 Å². The Morgan fingerprint density at radius 1 is 1.47 bits per heavy atom. The van der Waals surface area contributed by atoms with Crippen molar-refractivity contribution in [1.82, 2.24) is 15.2 Å². The Morgan fingerprint density at radius 2 is 2.26 bits per heavy atom. The molecule has 0 aliphatic heterocycles. The SMILES string of the molecule is CC(=O)NCc1ccc(-c2csc(CN(C)C)n2)o1. The summed E-state index contributed by atoms with van der Waals surface area (Å²) in [4.78, 5) is 17.4. The summed E-state index contributed by atoms with van der Waals surface area (Å²) in [6, 6.07) is 3.74. The summed E-state index contributed by atoms with van der Waals surface area (Å²) in [6.45, 7) is 2.71. The van der Waals surface area contributed by atoms with Crippen molar-refractivity contribution in [2.24, 2.45) is 0 Å². The molecule has 2 rings (SSSR count). The van der Waals surface area contributed by atoms with Gasteiger partial charge in [0, 0.05) is 18.8 Å². The lowest BCUT2D eigenvalue weighted by atomic mass is 10.3. The fourth-order valence-electron chi connectivity index (χ4n) is 1.59. The van der Waals surface area contributed by atoms with Crippen LogP contribution in [0.15, 0.2) is 21.9 Å². The van der Waals surface area contributed by atoms with Gasteiger partial charge in [0.25, 0.3) is 0 Å². The second-order valence-electron chi connectivity index (χ2n) is 4.54. The van der Waals surface area contributed by atoms with Gasteiger partial charge in [0.1, 0.15) is 16.5 Å². The van der Waals surface area contributed by atoms with E-state index in [0.717, 1.165) is 28.8 Å². The van der Waals surface area contributed by atoms with Gasteiger partial charge in [-0.25, -0.2) is 4.98 Å². The predicted octanol–water partition coefficient (Wildman–Crippen LogP) is 2.10. The molecule has 5 nitrogen and oxygen atoms in total. The number of nitrogens with zero attached hydrogens (tertiary/aromatic N) is 2. The number of rotatable bonds is 5. The van der Waals surface area contributed by atoms with Crippen LogP contribution in [0, 0.1) is 0 Å². The first-order valence-electron chi connectivity index (χ1n) is 5.97. The van der Waals surface area contributed by atoms with Gasteiger partial charge in [-0.2, -0.15) is 0 Å². The first-order valence-corrected chi connectivity index (χ1v) is 6.85. The molecule has 2 aromatic heterocycles. The van der Waals surface area contributed by atoms with Crippen molar-refractivity contribution in [3.63, 3.8) is 0 Å². The molecule has 0 saturated heterocycles. The number of carbonyl (C=O) groups is 1. The molecule has 19 heavy (non-hydrogen) atoms. The van der Waals surface area contributed by atoms with E-state index in [1.54, 1.807) is 11.3 Å². The van der Waals surface area contributed by atoms with Crippen molar-refractivity contribution < 1.29 is 9.21 Å². The van der Waals surface area contributed by atoms with E-state index < -0.39 is 0 Å². The number of nitrogens with one attached hydrogen (secondary N) is 1. The van der Waals surface area contributed by atoms with Gasteiger partial charge in [0.2, 0.25) is 5.91 Å². The first-order chi connectivity index (χ1) is 9.04. The summed E-state index contributed by atoms with van der Waals surface area (Å²) < 4.78 is 5.65. The Kier molecular flexibility index (Phi) is 4.34. The highest BCUT2D eigenvalue weighted by atomic mass is 32.1. The molecule has 0 aliphatic carbocycles. The Hall–Kier alpha value is -1.66. The predicted molar refractivity (Wildman–Crippen MR) is 74.7 cm³/mol. The topological polar surface area (TPSA) is 58.4 Å². The summed E-state index contributed by atoms with van der Waals surface area (Å²) in [7, 11) is 4.03. The highest BCUT2D eigenvalue weighted by Crippen LogP contribution is 2.24. The van der Waals surface area contributed by atoms with Crippen LogP contribution in [0.2, 0.25) is 0 Å². The van der Waals surface area contributed by atoms with Gasteiger partial charge in [0.15, 0.2) is 5.76 Å². The van der Waals surface area contributed by atoms with Crippen LogP contribution in [0.4, 0.5) is 0 Å². The fraction of sp³-hybridized carbons (Fsp3) is 0.385. The Labute approximate surface area is 116 Å². The van der Waals surface area contributed by atoms with E-state index in [2.05, 4.69) is 15.2 Å². The number of aromatic nitrogens is 1. The molecule has 6 heteroatoms. The zero-order valence-corrected chi connectivity index (χ0v) is 12.1. The highest BCUT2D eigenvalue weighted by Gasteiger charge is 2.09. The van der Waals surface area contributed by atoms with Crippen LogP contribution in [-0.2, 0) is 17.9 Å². The van der Waals surface area contributed by atoms with Crippen LogP contribution >= 0.6 is 11.3 Å². The van der Waals surface area contributed by atoms with E-state index in [9.17, 15) is 4.79 Å². The second-order valence-corrected chi connectivity index (χ2v) is 5.48. The molecule has 2 heterocycles. The largest absolute Gasteiger partial charge is 0.458 e. The smallest absolute Gasteiger partial charge is 0.217 e. The van der Waals surface area contributed by atoms with Crippen molar-refractivity contribution >= 4 is 17.2 Å². The summed E-state index contributed by atoms with van der Waals surface area (Å²) in [5.41, 5.74) is 0.843. The number of amides is 1. The van der Waals surface area contributed by atoms with Gasteiger partial charge < -0.3 is 14.6 Å². The summed E-state index contributed by atoms with van der Waals surface area (Å²) >= 11 is 1.62. The molecule has 102 valence electrons. The minimum atomic E-state index is -0.0696. The zero-order chi connectivity index (χ0) is 13.8. The Morgan fingerprint density at radius 3 is 2.95 bits per heavy atom. The lowest BCUT2D eigenvalue weighted by Gasteiger charge is -2.04. The number of thiazole rings is 1. The molecule has 0 bridgehead atoms. The molecule has 2 aromatic rings. The third-order valence-corrected chi connectivity index (χ3v) is 3.26. The molecule has 1 amide bonds. The number of hydrogen-bond donors (Lipinski definition) is 1. The quantitative estimate of drug-likeness (QED) is 0.910. The van der Waals surface area contributed by atoms with Gasteiger partial charge in [-0.1, -0.05) is 0 Å². The summed E-state index contributed by atoms with van der Waals surface area (Å²) in [5, 5.41) is 5.74. The minimum Gasteiger partial charge on any atom is -0.458 e. The maximum absolute atomic E-state index is 10.8. The van der Waals surface area contributed by atoms with Gasteiger partial charge in [-0.3, -0.25) is 4.79 Å². The average molecular weight is 279 g/mol. The molecular formula is C13H17N3O2S. The van der Waals surface area contributed by atoms with Crippen LogP contribution in [0.3, 0.4) is 0 Å². The second kappa shape index (κ2) is 5.99. The molecule has 0 saturated carbocycles. The molecule has 0 aliphatic rings. The van der Waals surface area contributed by atoms with E-state index in [0.29, 0.717) is 6.54 Å². The standard InChI is InChI=1S/C13H17N3O2S/c1-9(17)14-6-10-4-5-12(18-10)11-8-19-13(15-11)7-16(2)3/h4-5,8H,6-7H2,1-3H3,(H,14,17). The summed E-state index contributed by atoms with van der Waals surface area (Å²) in [5.74, 6) is 1.40. The van der Waals surface area contributed by atoms with Crippen LogP contribution in [0.25, 0.3) is 11.5 Å². The maximum atomic E-state index is 10.8. The number of carbonyl (C=O) groups excluding carboxylic acids is 1. The molecule has 0 spiro atoms. The third-order valence-electron chi connectivity index (χ3n) is 2.43. The van der Waals surface area contributed by atoms with E-state index in [-0.39, 0.29) is 5.91 Å². The molecule has 0 atom stereocenters. The van der Waals surface area contributed by atoms with E-state index in [1.165, 1.54) is 6.92 Å². The maximum Gasteiger partial charge on any atom is 0.217 e. The lowest BCUT2D eigenvalue weighted by molar-refractivity contribution is -0.119. The Bertz CT molecular complexity index is 560. The average Bonchev–Trinajstić information content (AvgIpc) is 2.93. The van der Waals surface area contributed by atoms with Crippen molar-refractivity contribution in [1.29, 1.82) is 0 Å². The molecule has 0 aromatic carbocycles. The fourth-order valence-corrected chi connectivity index (χ4v) is 2.49. The van der Waals surface area contributed by atoms with Crippen molar-refractivity contribution in [2.45, 2.75) is 20.0 Å². The molecule has 0 radical (unpaired) electrons. The lowest BCUT2D eigenvalue weighted by Crippen LogP contribution is -2.18. The first kappa shape index (κ1) is 13.8. The zero-order valence-electron chi connectivity index (χ0n) is 11.3. The summed E-state index contributed by atoms with van der Waals surface area (Å²) in [6.07, 6.45) is 0. The van der Waals surface area contributed by atoms with Gasteiger partial charge >= 0.3 is 0 Å². The van der Waals surface area contributed by atoms with Crippen LogP contribution in [0.1, 0.15) is 17.7 Å². The van der Waals surface area contributed by atoms with E-state index in [4.69, 9.17) is 4.42 Å². The van der Waals surface area contributed by atoms with E-state index >= 15 is 0 Å². The van der Waals surface area contributed by atoms with Gasteiger partial charge in [0.05, 0.1) is 6.54 Å². The van der Waals surface area contributed by atoms with Crippen LogP contribution < -0.4 is 5.32 Å². The molecular weight excluding hydrogens is 262 g/mol. The normalized spacial score (nSPS) is 10.9. The van der Waals surface area contributed by atoms with Gasteiger partial charge in [-0.05, 0) is 26.2 Å². The number of furan rings is 1. The molecule has 0 fully saturated rings. The van der Waals surface area contributed by atoms with Crippen molar-refractivity contribution in [2.75, 3.05) is 14.1 Å².